The molecule has 0 saturated heterocycles. The second kappa shape index (κ2) is 3.03. The highest BCUT2D eigenvalue weighted by molar-refractivity contribution is 7.85. The Morgan fingerprint density at radius 3 is 3.00 bits per heavy atom. The maximum atomic E-state index is 12.5. The fourth-order valence-corrected chi connectivity index (χ4v) is 2.73. The van der Waals surface area contributed by atoms with Crippen molar-refractivity contribution >= 4 is 26.5 Å². The molecule has 0 radical (unpaired) electrons. The average Bonchev–Trinajstić information content (AvgIpc) is 2.54. The molecule has 2 heterocycles. The molecule has 0 bridgehead atoms. The van der Waals surface area contributed by atoms with E-state index < -0.39 is 16.0 Å². The first-order valence-corrected chi connectivity index (χ1v) is 6.24. The molecule has 0 amide bonds. The second-order valence-electron chi connectivity index (χ2n) is 2.88. The number of aryl methyl sites for hydroxylation is 1. The minimum Gasteiger partial charge on any atom is -0.293 e. The summed E-state index contributed by atoms with van der Waals surface area (Å²) >= 11 is 1.38. The third kappa shape index (κ3) is 1.64. The summed E-state index contributed by atoms with van der Waals surface area (Å²) in [6.07, 6.45) is 1.68. The van der Waals surface area contributed by atoms with Crippen LogP contribution in [0.25, 0.3) is 4.96 Å². The van der Waals surface area contributed by atoms with Gasteiger partial charge >= 0.3 is 10.2 Å². The Kier molecular flexibility index (Phi) is 2.07. The zero-order valence-corrected chi connectivity index (χ0v) is 8.90. The van der Waals surface area contributed by atoms with Crippen LogP contribution in [-0.2, 0) is 16.0 Å². The van der Waals surface area contributed by atoms with Gasteiger partial charge in [0.15, 0.2) is 4.96 Å². The molecule has 7 heteroatoms. The van der Waals surface area contributed by atoms with Crippen molar-refractivity contribution in [3.05, 3.63) is 23.0 Å². The molecule has 0 fully saturated rings. The predicted octanol–water partition coefficient (Wildman–Crippen LogP) is 1.50. The van der Waals surface area contributed by atoms with Crippen molar-refractivity contribution in [1.29, 1.82) is 0 Å². The Morgan fingerprint density at radius 2 is 2.36 bits per heavy atom. The molecular formula is C7H7FN2O2S2. The standard InChI is InChI=1S/C7H7FN2O2S2/c1-5-6(4-14(8,11)12)10-2-3-13-7(10)9-5/h2-3H,4H2,1H3. The molecule has 0 aliphatic rings. The monoisotopic (exact) mass is 234 g/mol. The second-order valence-corrected chi connectivity index (χ2v) is 5.12. The summed E-state index contributed by atoms with van der Waals surface area (Å²) in [5, 5.41) is 1.77. The summed E-state index contributed by atoms with van der Waals surface area (Å²) in [7, 11) is -4.50. The van der Waals surface area contributed by atoms with Crippen LogP contribution in [0.2, 0.25) is 0 Å². The fourth-order valence-electron chi connectivity index (χ4n) is 1.28. The van der Waals surface area contributed by atoms with Crippen molar-refractivity contribution in [1.82, 2.24) is 9.38 Å². The quantitative estimate of drug-likeness (QED) is 0.740. The largest absolute Gasteiger partial charge is 0.308 e. The van der Waals surface area contributed by atoms with Gasteiger partial charge in [0.25, 0.3) is 0 Å². The minimum absolute atomic E-state index is 0.392. The number of imidazole rings is 1. The van der Waals surface area contributed by atoms with Gasteiger partial charge in [0, 0.05) is 11.6 Å². The minimum atomic E-state index is -4.50. The fraction of sp³-hybridized carbons (Fsp3) is 0.286. The Bertz CT molecular complexity index is 570. The molecular weight excluding hydrogens is 227 g/mol. The number of fused-ring (bicyclic) bond motifs is 1. The molecule has 0 unspecified atom stereocenters. The first kappa shape index (κ1) is 9.60. The normalized spacial score (nSPS) is 12.4. The van der Waals surface area contributed by atoms with Gasteiger partial charge < -0.3 is 0 Å². The van der Waals surface area contributed by atoms with Crippen LogP contribution >= 0.6 is 11.3 Å². The maximum Gasteiger partial charge on any atom is 0.308 e. The van der Waals surface area contributed by atoms with Crippen molar-refractivity contribution in [2.45, 2.75) is 12.7 Å². The molecule has 0 saturated carbocycles. The van der Waals surface area contributed by atoms with Crippen LogP contribution in [0, 0.1) is 6.92 Å². The third-order valence-corrected chi connectivity index (χ3v) is 3.25. The van der Waals surface area contributed by atoms with Crippen LogP contribution in [-0.4, -0.2) is 17.8 Å². The summed E-state index contributed by atoms with van der Waals surface area (Å²) in [4.78, 5) is 4.79. The highest BCUT2D eigenvalue weighted by Crippen LogP contribution is 2.19. The average molecular weight is 234 g/mol. The first-order chi connectivity index (χ1) is 6.47. The molecule has 0 aliphatic carbocycles. The number of hydrogen-bond acceptors (Lipinski definition) is 4. The number of rotatable bonds is 2. The Balaban J connectivity index is 2.60. The van der Waals surface area contributed by atoms with Gasteiger partial charge in [-0.05, 0) is 6.92 Å². The molecule has 0 atom stereocenters. The molecule has 76 valence electrons. The van der Waals surface area contributed by atoms with E-state index in [0.29, 0.717) is 16.3 Å². The Morgan fingerprint density at radius 1 is 1.64 bits per heavy atom. The predicted molar refractivity (Wildman–Crippen MR) is 51.5 cm³/mol. The van der Waals surface area contributed by atoms with Gasteiger partial charge in [-0.25, -0.2) is 4.98 Å². The van der Waals surface area contributed by atoms with Gasteiger partial charge in [-0.1, -0.05) is 0 Å². The van der Waals surface area contributed by atoms with Crippen LogP contribution in [0.3, 0.4) is 0 Å². The molecule has 0 spiro atoms. The number of hydrogen-bond donors (Lipinski definition) is 0. The van der Waals surface area contributed by atoms with Crippen molar-refractivity contribution in [3.8, 4) is 0 Å². The molecule has 0 N–H and O–H groups in total. The maximum absolute atomic E-state index is 12.5. The molecule has 0 aliphatic heterocycles. The number of thiazole rings is 1. The highest BCUT2D eigenvalue weighted by atomic mass is 32.3. The molecule has 4 nitrogen and oxygen atoms in total. The lowest BCUT2D eigenvalue weighted by Crippen LogP contribution is -2.00. The van der Waals surface area contributed by atoms with Crippen molar-refractivity contribution < 1.29 is 12.3 Å². The first-order valence-electron chi connectivity index (χ1n) is 3.81. The van der Waals surface area contributed by atoms with Crippen molar-refractivity contribution in [3.63, 3.8) is 0 Å². The SMILES string of the molecule is Cc1nc2sccn2c1CS(=O)(=O)F. The molecule has 0 aromatic carbocycles. The van der Waals surface area contributed by atoms with Gasteiger partial charge in [0.2, 0.25) is 0 Å². The zero-order valence-electron chi connectivity index (χ0n) is 7.27. The van der Waals surface area contributed by atoms with Crippen LogP contribution in [0.5, 0.6) is 0 Å². The topological polar surface area (TPSA) is 51.4 Å². The van der Waals surface area contributed by atoms with Crippen LogP contribution in [0.4, 0.5) is 3.89 Å². The van der Waals surface area contributed by atoms with Gasteiger partial charge in [0.1, 0.15) is 5.75 Å². The number of nitrogens with zero attached hydrogens (tertiary/aromatic N) is 2. The van der Waals surface area contributed by atoms with E-state index in [1.807, 2.05) is 0 Å². The van der Waals surface area contributed by atoms with E-state index in [4.69, 9.17) is 0 Å². The lowest BCUT2D eigenvalue weighted by atomic mass is 10.4. The van der Waals surface area contributed by atoms with E-state index in [1.165, 1.54) is 11.3 Å². The van der Waals surface area contributed by atoms with Crippen LogP contribution in [0.1, 0.15) is 11.4 Å². The summed E-state index contributed by atoms with van der Waals surface area (Å²) in [6, 6.07) is 0. The molecule has 2 aromatic heterocycles. The van der Waals surface area contributed by atoms with Gasteiger partial charge in [0.05, 0.1) is 11.4 Å². The van der Waals surface area contributed by atoms with Gasteiger partial charge in [-0.3, -0.25) is 4.40 Å². The smallest absolute Gasteiger partial charge is 0.293 e. The van der Waals surface area contributed by atoms with E-state index in [9.17, 15) is 12.3 Å². The van der Waals surface area contributed by atoms with E-state index in [0.717, 1.165) is 0 Å². The Labute approximate surface area is 84.2 Å². The number of aromatic nitrogens is 2. The lowest BCUT2D eigenvalue weighted by molar-refractivity contribution is 0.550. The van der Waals surface area contributed by atoms with Crippen LogP contribution in [0.15, 0.2) is 11.6 Å². The van der Waals surface area contributed by atoms with E-state index >= 15 is 0 Å². The van der Waals surface area contributed by atoms with Crippen molar-refractivity contribution in [2.24, 2.45) is 0 Å². The van der Waals surface area contributed by atoms with E-state index in [2.05, 4.69) is 4.98 Å². The summed E-state index contributed by atoms with van der Waals surface area (Å²) in [5.74, 6) is -0.614. The summed E-state index contributed by atoms with van der Waals surface area (Å²) in [6.45, 7) is 1.67. The lowest BCUT2D eigenvalue weighted by Gasteiger charge is -1.95. The molecule has 2 rings (SSSR count). The van der Waals surface area contributed by atoms with E-state index in [1.54, 1.807) is 22.9 Å². The molecule has 2 aromatic rings. The summed E-state index contributed by atoms with van der Waals surface area (Å²) in [5.41, 5.74) is 0.946. The summed E-state index contributed by atoms with van der Waals surface area (Å²) < 4.78 is 35.1. The number of halogens is 1. The van der Waals surface area contributed by atoms with Crippen molar-refractivity contribution in [2.75, 3.05) is 0 Å². The van der Waals surface area contributed by atoms with E-state index in [-0.39, 0.29) is 0 Å². The van der Waals surface area contributed by atoms with Gasteiger partial charge in [-0.2, -0.15) is 8.42 Å². The van der Waals surface area contributed by atoms with Crippen LogP contribution < -0.4 is 0 Å². The third-order valence-electron chi connectivity index (χ3n) is 1.87. The molecule has 14 heavy (non-hydrogen) atoms. The van der Waals surface area contributed by atoms with Gasteiger partial charge in [-0.15, -0.1) is 15.2 Å². The Hall–Kier alpha value is -0.950. The highest BCUT2D eigenvalue weighted by Gasteiger charge is 2.16. The zero-order chi connectivity index (χ0) is 10.3.